The highest BCUT2D eigenvalue weighted by atomic mass is 16.5. The van der Waals surface area contributed by atoms with Gasteiger partial charge in [0.15, 0.2) is 0 Å². The van der Waals surface area contributed by atoms with Crippen LogP contribution in [0, 0.1) is 0 Å². The van der Waals surface area contributed by atoms with Crippen molar-refractivity contribution < 1.29 is 23.7 Å². The molecule has 0 heterocycles. The highest BCUT2D eigenvalue weighted by Gasteiger charge is 2.13. The number of nitrogens with one attached hydrogen (secondary N) is 1. The number of hydrogen-bond donors (Lipinski definition) is 1. The van der Waals surface area contributed by atoms with Crippen molar-refractivity contribution in [3.8, 4) is 23.0 Å². The number of methoxy groups -OCH3 is 4. The minimum atomic E-state index is -0.179. The first-order valence-electron chi connectivity index (χ1n) is 7.34. The molecule has 24 heavy (non-hydrogen) atoms. The van der Waals surface area contributed by atoms with Crippen LogP contribution in [0.1, 0.15) is 5.56 Å². The number of rotatable bonds is 7. The van der Waals surface area contributed by atoms with Gasteiger partial charge in [-0.2, -0.15) is 0 Å². The van der Waals surface area contributed by atoms with Gasteiger partial charge in [0.1, 0.15) is 23.0 Å². The molecule has 0 aromatic heterocycles. The first kappa shape index (κ1) is 17.5. The molecular formula is C18H21NO5. The van der Waals surface area contributed by atoms with E-state index in [2.05, 4.69) is 5.32 Å². The molecule has 0 aliphatic heterocycles. The first-order chi connectivity index (χ1) is 11.6. The normalized spacial score (nSPS) is 10.0. The summed E-state index contributed by atoms with van der Waals surface area (Å²) in [7, 11) is 6.25. The Hall–Kier alpha value is -2.89. The van der Waals surface area contributed by atoms with Crippen molar-refractivity contribution in [2.75, 3.05) is 33.8 Å². The molecule has 2 aromatic carbocycles. The lowest BCUT2D eigenvalue weighted by atomic mass is 10.1. The molecule has 2 aromatic rings. The number of carbonyl (C=O) groups excluding carboxylic acids is 1. The van der Waals surface area contributed by atoms with Gasteiger partial charge in [-0.25, -0.2) is 0 Å². The molecule has 2 rings (SSSR count). The highest BCUT2D eigenvalue weighted by molar-refractivity contribution is 5.94. The molecule has 128 valence electrons. The lowest BCUT2D eigenvalue weighted by Crippen LogP contribution is -2.15. The van der Waals surface area contributed by atoms with E-state index >= 15 is 0 Å². The predicted molar refractivity (Wildman–Crippen MR) is 91.4 cm³/mol. The maximum atomic E-state index is 12.3. The molecule has 1 amide bonds. The molecule has 0 spiro atoms. The maximum absolute atomic E-state index is 12.3. The van der Waals surface area contributed by atoms with Gasteiger partial charge in [-0.05, 0) is 18.2 Å². The minimum Gasteiger partial charge on any atom is -0.497 e. The van der Waals surface area contributed by atoms with Gasteiger partial charge in [-0.15, -0.1) is 0 Å². The van der Waals surface area contributed by atoms with Crippen molar-refractivity contribution in [3.05, 3.63) is 42.0 Å². The Bertz CT molecular complexity index is 655. The summed E-state index contributed by atoms with van der Waals surface area (Å²) in [4.78, 5) is 12.3. The van der Waals surface area contributed by atoms with Gasteiger partial charge in [-0.3, -0.25) is 4.79 Å². The molecule has 0 bridgehead atoms. The van der Waals surface area contributed by atoms with Crippen LogP contribution in [0.15, 0.2) is 36.4 Å². The molecule has 0 atom stereocenters. The molecule has 1 N–H and O–H groups in total. The van der Waals surface area contributed by atoms with Crippen LogP contribution < -0.4 is 24.3 Å². The second-order valence-electron chi connectivity index (χ2n) is 4.97. The first-order valence-corrected chi connectivity index (χ1v) is 7.34. The van der Waals surface area contributed by atoms with Crippen molar-refractivity contribution in [1.29, 1.82) is 0 Å². The van der Waals surface area contributed by atoms with Gasteiger partial charge in [-0.1, -0.05) is 6.07 Å². The third kappa shape index (κ3) is 4.10. The number of anilines is 1. The monoisotopic (exact) mass is 331 g/mol. The van der Waals surface area contributed by atoms with Crippen molar-refractivity contribution in [2.45, 2.75) is 6.42 Å². The Morgan fingerprint density at radius 1 is 0.833 bits per heavy atom. The summed E-state index contributed by atoms with van der Waals surface area (Å²) in [5.41, 5.74) is 1.35. The number of benzene rings is 2. The summed E-state index contributed by atoms with van der Waals surface area (Å²) in [6, 6.07) is 10.6. The van der Waals surface area contributed by atoms with Crippen molar-refractivity contribution in [1.82, 2.24) is 0 Å². The number of amides is 1. The third-order valence-electron chi connectivity index (χ3n) is 3.53. The smallest absolute Gasteiger partial charge is 0.229 e. The molecule has 0 unspecified atom stereocenters. The number of carbonyl (C=O) groups is 1. The van der Waals surface area contributed by atoms with E-state index in [1.165, 1.54) is 7.11 Å². The average Bonchev–Trinajstić information content (AvgIpc) is 2.62. The molecule has 0 aliphatic rings. The zero-order valence-corrected chi connectivity index (χ0v) is 14.2. The van der Waals surface area contributed by atoms with E-state index in [-0.39, 0.29) is 12.3 Å². The van der Waals surface area contributed by atoms with Gasteiger partial charge in [0.25, 0.3) is 0 Å². The standard InChI is InChI=1S/C18H21NO5/c1-21-13-6-5-12(16(10-13)23-3)9-18(20)19-15-8-7-14(22-2)11-17(15)24-4/h5-8,10-11H,9H2,1-4H3,(H,19,20). The van der Waals surface area contributed by atoms with E-state index in [0.29, 0.717) is 28.7 Å². The Morgan fingerprint density at radius 2 is 1.42 bits per heavy atom. The van der Waals surface area contributed by atoms with E-state index in [4.69, 9.17) is 18.9 Å². The summed E-state index contributed by atoms with van der Waals surface area (Å²) in [6.45, 7) is 0. The van der Waals surface area contributed by atoms with E-state index in [9.17, 15) is 4.79 Å². The highest BCUT2D eigenvalue weighted by Crippen LogP contribution is 2.30. The maximum Gasteiger partial charge on any atom is 0.229 e. The molecule has 0 saturated carbocycles. The van der Waals surface area contributed by atoms with Crippen molar-refractivity contribution in [2.24, 2.45) is 0 Å². The Balaban J connectivity index is 2.14. The second-order valence-corrected chi connectivity index (χ2v) is 4.97. The lowest BCUT2D eigenvalue weighted by Gasteiger charge is -2.13. The Morgan fingerprint density at radius 3 is 2.00 bits per heavy atom. The topological polar surface area (TPSA) is 66.0 Å². The van der Waals surface area contributed by atoms with Crippen LogP contribution in [0.25, 0.3) is 0 Å². The molecule has 6 heteroatoms. The van der Waals surface area contributed by atoms with Crippen molar-refractivity contribution in [3.63, 3.8) is 0 Å². The van der Waals surface area contributed by atoms with Crippen LogP contribution in [0.3, 0.4) is 0 Å². The average molecular weight is 331 g/mol. The molecule has 0 aliphatic carbocycles. The Labute approximate surface area is 141 Å². The fourth-order valence-corrected chi connectivity index (χ4v) is 2.27. The summed E-state index contributed by atoms with van der Waals surface area (Å²) < 4.78 is 20.9. The summed E-state index contributed by atoms with van der Waals surface area (Å²) in [6.07, 6.45) is 0.169. The van der Waals surface area contributed by atoms with E-state index in [1.807, 2.05) is 6.07 Å². The summed E-state index contributed by atoms with van der Waals surface area (Å²) >= 11 is 0. The zero-order valence-electron chi connectivity index (χ0n) is 14.2. The van der Waals surface area contributed by atoms with Crippen LogP contribution in [0.5, 0.6) is 23.0 Å². The molecular weight excluding hydrogens is 310 g/mol. The number of hydrogen-bond acceptors (Lipinski definition) is 5. The van der Waals surface area contributed by atoms with E-state index in [1.54, 1.807) is 51.7 Å². The van der Waals surface area contributed by atoms with E-state index < -0.39 is 0 Å². The lowest BCUT2D eigenvalue weighted by molar-refractivity contribution is -0.115. The second kappa shape index (κ2) is 8.10. The SMILES string of the molecule is COc1ccc(CC(=O)Nc2ccc(OC)cc2OC)c(OC)c1. The van der Waals surface area contributed by atoms with Crippen molar-refractivity contribution >= 4 is 11.6 Å². The number of ether oxygens (including phenoxy) is 4. The fraction of sp³-hybridized carbons (Fsp3) is 0.278. The predicted octanol–water partition coefficient (Wildman–Crippen LogP) is 2.90. The quantitative estimate of drug-likeness (QED) is 0.845. The van der Waals surface area contributed by atoms with Crippen LogP contribution in [0.2, 0.25) is 0 Å². The summed E-state index contributed by atoms with van der Waals surface area (Å²) in [5, 5.41) is 2.83. The van der Waals surface area contributed by atoms with Gasteiger partial charge in [0.2, 0.25) is 5.91 Å². The van der Waals surface area contributed by atoms with Gasteiger partial charge in [0.05, 0.1) is 40.5 Å². The largest absolute Gasteiger partial charge is 0.497 e. The van der Waals surface area contributed by atoms with Gasteiger partial charge >= 0.3 is 0 Å². The minimum absolute atomic E-state index is 0.169. The molecule has 0 radical (unpaired) electrons. The molecule has 0 saturated heterocycles. The Kier molecular flexibility index (Phi) is 5.89. The van der Waals surface area contributed by atoms with Crippen LogP contribution in [-0.2, 0) is 11.2 Å². The van der Waals surface area contributed by atoms with E-state index in [0.717, 1.165) is 5.56 Å². The van der Waals surface area contributed by atoms with Gasteiger partial charge in [0, 0.05) is 17.7 Å². The molecule has 6 nitrogen and oxygen atoms in total. The fourth-order valence-electron chi connectivity index (χ4n) is 2.27. The zero-order chi connectivity index (χ0) is 17.5. The van der Waals surface area contributed by atoms with Crippen LogP contribution in [-0.4, -0.2) is 34.3 Å². The summed E-state index contributed by atoms with van der Waals surface area (Å²) in [5.74, 6) is 2.28. The van der Waals surface area contributed by atoms with Crippen LogP contribution in [0.4, 0.5) is 5.69 Å². The third-order valence-corrected chi connectivity index (χ3v) is 3.53. The van der Waals surface area contributed by atoms with Crippen LogP contribution >= 0.6 is 0 Å². The van der Waals surface area contributed by atoms with Gasteiger partial charge < -0.3 is 24.3 Å². The molecule has 0 fully saturated rings.